The van der Waals surface area contributed by atoms with Gasteiger partial charge >= 0.3 is 0 Å². The van der Waals surface area contributed by atoms with E-state index in [9.17, 15) is 4.79 Å². The first kappa shape index (κ1) is 22.0. The van der Waals surface area contributed by atoms with E-state index in [2.05, 4.69) is 15.5 Å². The molecular formula is C18H35Cl2N3O. The molecule has 0 aromatic rings. The maximum absolute atomic E-state index is 12.1. The zero-order chi connectivity index (χ0) is 15.2. The number of halogens is 2. The summed E-state index contributed by atoms with van der Waals surface area (Å²) in [6.45, 7) is 4.52. The largest absolute Gasteiger partial charge is 0.356 e. The smallest absolute Gasteiger partial charge is 0.220 e. The number of carbonyl (C=O) groups excluding carboxylic acids is 1. The summed E-state index contributed by atoms with van der Waals surface area (Å²) in [5.41, 5.74) is 0. The van der Waals surface area contributed by atoms with Crippen LogP contribution in [0.1, 0.15) is 64.2 Å². The molecule has 3 aliphatic heterocycles. The third-order valence-corrected chi connectivity index (χ3v) is 5.72. The van der Waals surface area contributed by atoms with Gasteiger partial charge in [0.25, 0.3) is 0 Å². The molecule has 2 bridgehead atoms. The molecule has 2 unspecified atom stereocenters. The molecule has 1 amide bonds. The van der Waals surface area contributed by atoms with Crippen molar-refractivity contribution in [2.45, 2.75) is 76.3 Å². The normalized spacial score (nSPS) is 29.9. The zero-order valence-corrected chi connectivity index (χ0v) is 16.4. The van der Waals surface area contributed by atoms with Crippen molar-refractivity contribution in [1.82, 2.24) is 15.5 Å². The predicted molar refractivity (Wildman–Crippen MR) is 104 cm³/mol. The van der Waals surface area contributed by atoms with Crippen LogP contribution in [0, 0.1) is 5.92 Å². The summed E-state index contributed by atoms with van der Waals surface area (Å²) in [4.78, 5) is 14.7. The van der Waals surface area contributed by atoms with Crippen molar-refractivity contribution < 1.29 is 4.79 Å². The number of nitrogens with one attached hydrogen (secondary N) is 2. The van der Waals surface area contributed by atoms with E-state index in [1.54, 1.807) is 0 Å². The molecule has 0 radical (unpaired) electrons. The van der Waals surface area contributed by atoms with Crippen LogP contribution < -0.4 is 10.6 Å². The van der Waals surface area contributed by atoms with E-state index in [0.29, 0.717) is 18.0 Å². The Morgan fingerprint density at radius 2 is 1.62 bits per heavy atom. The van der Waals surface area contributed by atoms with Crippen molar-refractivity contribution >= 4 is 30.7 Å². The van der Waals surface area contributed by atoms with E-state index >= 15 is 0 Å². The van der Waals surface area contributed by atoms with Crippen molar-refractivity contribution in [2.24, 2.45) is 5.92 Å². The van der Waals surface area contributed by atoms with Gasteiger partial charge in [-0.25, -0.2) is 0 Å². The van der Waals surface area contributed by atoms with Crippen molar-refractivity contribution in [3.63, 3.8) is 0 Å². The van der Waals surface area contributed by atoms with Gasteiger partial charge in [-0.1, -0.05) is 12.8 Å². The third kappa shape index (κ3) is 7.07. The fourth-order valence-corrected chi connectivity index (χ4v) is 4.57. The molecule has 6 heteroatoms. The Morgan fingerprint density at radius 1 is 1.00 bits per heavy atom. The Hall–Kier alpha value is -0.0300. The molecule has 0 aromatic heterocycles. The Kier molecular flexibility index (Phi) is 10.6. The molecule has 3 heterocycles. The highest BCUT2D eigenvalue weighted by molar-refractivity contribution is 5.85. The summed E-state index contributed by atoms with van der Waals surface area (Å²) in [5, 5.41) is 6.80. The SMILES string of the molecule is Cl.Cl.O=C(CC1CC2CCC(C1)N2)NCCCN1CCCCCC1. The van der Waals surface area contributed by atoms with Crippen LogP contribution in [0.15, 0.2) is 0 Å². The average Bonchev–Trinajstić information content (AvgIpc) is 2.72. The van der Waals surface area contributed by atoms with Gasteiger partial charge in [0.05, 0.1) is 0 Å². The van der Waals surface area contributed by atoms with E-state index in [1.165, 1.54) is 64.5 Å². The summed E-state index contributed by atoms with van der Waals surface area (Å²) in [5.74, 6) is 0.895. The van der Waals surface area contributed by atoms with Crippen LogP contribution in [-0.4, -0.2) is 49.1 Å². The van der Waals surface area contributed by atoms with Crippen molar-refractivity contribution in [2.75, 3.05) is 26.2 Å². The van der Waals surface area contributed by atoms with Crippen LogP contribution >= 0.6 is 24.8 Å². The topological polar surface area (TPSA) is 44.4 Å². The van der Waals surface area contributed by atoms with Crippen molar-refractivity contribution in [3.8, 4) is 0 Å². The van der Waals surface area contributed by atoms with Gasteiger partial charge in [0, 0.05) is 25.0 Å². The second kappa shape index (κ2) is 11.6. The van der Waals surface area contributed by atoms with E-state index in [4.69, 9.17) is 0 Å². The quantitative estimate of drug-likeness (QED) is 0.696. The summed E-state index contributed by atoms with van der Waals surface area (Å²) in [6.07, 6.45) is 12.4. The van der Waals surface area contributed by atoms with Crippen molar-refractivity contribution in [1.29, 1.82) is 0 Å². The number of rotatable bonds is 6. The number of nitrogens with zero attached hydrogens (tertiary/aromatic N) is 1. The molecule has 0 spiro atoms. The lowest BCUT2D eigenvalue weighted by molar-refractivity contribution is -0.122. The van der Waals surface area contributed by atoms with Crippen LogP contribution in [-0.2, 0) is 4.79 Å². The number of piperidine rings is 1. The molecule has 3 rings (SSSR count). The maximum atomic E-state index is 12.1. The lowest BCUT2D eigenvalue weighted by Crippen LogP contribution is -2.40. The maximum Gasteiger partial charge on any atom is 0.220 e. The highest BCUT2D eigenvalue weighted by atomic mass is 35.5. The Balaban J connectivity index is 0.00000144. The first-order valence-electron chi connectivity index (χ1n) is 9.55. The second-order valence-electron chi connectivity index (χ2n) is 7.64. The minimum atomic E-state index is 0. The van der Waals surface area contributed by atoms with Gasteiger partial charge in [0.2, 0.25) is 5.91 Å². The molecule has 2 N–H and O–H groups in total. The van der Waals surface area contributed by atoms with Gasteiger partial charge in [-0.05, 0) is 70.5 Å². The van der Waals surface area contributed by atoms with Gasteiger partial charge in [0.15, 0.2) is 0 Å². The summed E-state index contributed by atoms with van der Waals surface area (Å²) in [6, 6.07) is 1.39. The lowest BCUT2D eigenvalue weighted by Gasteiger charge is -2.28. The van der Waals surface area contributed by atoms with E-state index in [-0.39, 0.29) is 30.7 Å². The molecule has 24 heavy (non-hydrogen) atoms. The minimum absolute atomic E-state index is 0. The lowest BCUT2D eigenvalue weighted by atomic mass is 9.89. The van der Waals surface area contributed by atoms with Gasteiger partial charge in [-0.15, -0.1) is 24.8 Å². The Labute approximate surface area is 159 Å². The van der Waals surface area contributed by atoms with Gasteiger partial charge in [-0.3, -0.25) is 4.79 Å². The Morgan fingerprint density at radius 3 is 2.25 bits per heavy atom. The van der Waals surface area contributed by atoms with Crippen LogP contribution in [0.2, 0.25) is 0 Å². The number of amides is 1. The summed E-state index contributed by atoms with van der Waals surface area (Å²) < 4.78 is 0. The van der Waals surface area contributed by atoms with Gasteiger partial charge in [-0.2, -0.15) is 0 Å². The first-order valence-corrected chi connectivity index (χ1v) is 9.55. The highest BCUT2D eigenvalue weighted by Gasteiger charge is 2.34. The number of likely N-dealkylation sites (tertiary alicyclic amines) is 1. The molecule has 0 aromatic carbocycles. The molecular weight excluding hydrogens is 345 g/mol. The molecule has 3 fully saturated rings. The standard InChI is InChI=1S/C18H33N3O.2ClH/c22-18(14-15-12-16-6-7-17(13-15)20-16)19-8-5-11-21-9-3-1-2-4-10-21;;/h15-17,20H,1-14H2,(H,19,22);2*1H. The minimum Gasteiger partial charge on any atom is -0.356 e. The van der Waals surface area contributed by atoms with Crippen molar-refractivity contribution in [3.05, 3.63) is 0 Å². The number of hydrogen-bond acceptors (Lipinski definition) is 3. The average molecular weight is 380 g/mol. The van der Waals surface area contributed by atoms with Gasteiger partial charge < -0.3 is 15.5 Å². The van der Waals surface area contributed by atoms with Crippen LogP contribution in [0.4, 0.5) is 0 Å². The van der Waals surface area contributed by atoms with Gasteiger partial charge in [0.1, 0.15) is 0 Å². The Bertz CT molecular complexity index is 350. The monoisotopic (exact) mass is 379 g/mol. The zero-order valence-electron chi connectivity index (χ0n) is 14.8. The molecule has 3 aliphatic rings. The third-order valence-electron chi connectivity index (χ3n) is 5.72. The van der Waals surface area contributed by atoms with Crippen LogP contribution in [0.3, 0.4) is 0 Å². The predicted octanol–water partition coefficient (Wildman–Crippen LogP) is 3.13. The number of carbonyl (C=O) groups is 1. The molecule has 0 aliphatic carbocycles. The number of fused-ring (bicyclic) bond motifs is 2. The molecule has 0 saturated carbocycles. The molecule has 4 nitrogen and oxygen atoms in total. The molecule has 2 atom stereocenters. The second-order valence-corrected chi connectivity index (χ2v) is 7.64. The molecule has 142 valence electrons. The summed E-state index contributed by atoms with van der Waals surface area (Å²) >= 11 is 0. The van der Waals surface area contributed by atoms with E-state index in [0.717, 1.165) is 25.9 Å². The van der Waals surface area contributed by atoms with E-state index in [1.807, 2.05) is 0 Å². The first-order chi connectivity index (χ1) is 10.8. The van der Waals surface area contributed by atoms with E-state index < -0.39 is 0 Å². The van der Waals surface area contributed by atoms with Crippen LogP contribution in [0.25, 0.3) is 0 Å². The summed E-state index contributed by atoms with van der Waals surface area (Å²) in [7, 11) is 0. The fourth-order valence-electron chi connectivity index (χ4n) is 4.57. The molecule has 3 saturated heterocycles. The van der Waals surface area contributed by atoms with Crippen LogP contribution in [0.5, 0.6) is 0 Å². The highest BCUT2D eigenvalue weighted by Crippen LogP contribution is 2.32. The fraction of sp³-hybridized carbons (Fsp3) is 0.944. The number of hydrogen-bond donors (Lipinski definition) is 2.